The topological polar surface area (TPSA) is 41.1 Å². The summed E-state index contributed by atoms with van der Waals surface area (Å²) in [6.45, 7) is 6.13. The molecule has 2 aliphatic rings. The number of benzene rings is 2. The van der Waals surface area contributed by atoms with E-state index in [9.17, 15) is 30.7 Å². The predicted molar refractivity (Wildman–Crippen MR) is 150 cm³/mol. The molecule has 4 atom stereocenters. The lowest BCUT2D eigenvalue weighted by molar-refractivity contribution is -0.247. The van der Waals surface area contributed by atoms with E-state index in [0.29, 0.717) is 30.8 Å². The minimum absolute atomic E-state index is 0.0905. The number of piperazine rings is 1. The predicted octanol–water partition coefficient (Wildman–Crippen LogP) is 6.61. The van der Waals surface area contributed by atoms with Gasteiger partial charge in [0.05, 0.1) is 35.6 Å². The highest BCUT2D eigenvalue weighted by Gasteiger charge is 2.43. The number of morpholine rings is 1. The summed E-state index contributed by atoms with van der Waals surface area (Å²) in [5.74, 6) is -0.458. The van der Waals surface area contributed by atoms with E-state index >= 15 is 0 Å². The summed E-state index contributed by atoms with van der Waals surface area (Å²) >= 11 is 1.29. The van der Waals surface area contributed by atoms with Gasteiger partial charge in [-0.15, -0.1) is 0 Å². The van der Waals surface area contributed by atoms with Crippen LogP contribution in [0.5, 0.6) is 0 Å². The van der Waals surface area contributed by atoms with Crippen molar-refractivity contribution in [2.45, 2.75) is 50.3 Å². The number of hydrogen-bond acceptors (Lipinski definition) is 7. The number of likely N-dealkylation sites (N-methyl/N-ethyl adjacent to an activating group) is 1. The van der Waals surface area contributed by atoms with Gasteiger partial charge in [0, 0.05) is 50.7 Å². The number of rotatable bonds is 8. The first-order valence-electron chi connectivity index (χ1n) is 14.2. The van der Waals surface area contributed by atoms with Gasteiger partial charge in [0.2, 0.25) is 0 Å². The molecule has 2 fully saturated rings. The van der Waals surface area contributed by atoms with Crippen LogP contribution >= 0.6 is 11.5 Å². The second kappa shape index (κ2) is 13.4. The fourth-order valence-electron chi connectivity index (χ4n) is 5.61. The third kappa shape index (κ3) is 7.96. The summed E-state index contributed by atoms with van der Waals surface area (Å²) in [6, 6.07) is 8.24. The normalized spacial score (nSPS) is 23.6. The van der Waals surface area contributed by atoms with Gasteiger partial charge in [0.15, 0.2) is 6.29 Å². The SMILES string of the molecule is C[C@@H](O[C@H]1OCC(CN2CCN(C)CC2)N(Cc2ccsn2)[C@H]1c1ccc(F)cc1)c1cc(C(F)(F)F)cc(C(F)(F)F)c1. The molecule has 6 nitrogen and oxygen atoms in total. The fourth-order valence-corrected chi connectivity index (χ4v) is 6.14. The zero-order valence-corrected chi connectivity index (χ0v) is 24.9. The fraction of sp³-hybridized carbons (Fsp3) is 0.500. The highest BCUT2D eigenvalue weighted by Crippen LogP contribution is 2.41. The van der Waals surface area contributed by atoms with E-state index < -0.39 is 47.7 Å². The van der Waals surface area contributed by atoms with Crippen LogP contribution < -0.4 is 0 Å². The summed E-state index contributed by atoms with van der Waals surface area (Å²) in [6.07, 6.45) is -12.3. The molecule has 1 aromatic heterocycles. The lowest BCUT2D eigenvalue weighted by Gasteiger charge is -2.48. The van der Waals surface area contributed by atoms with Crippen LogP contribution in [0.25, 0.3) is 0 Å². The molecule has 1 unspecified atom stereocenters. The molecule has 0 radical (unpaired) electrons. The van der Waals surface area contributed by atoms with Gasteiger partial charge in [-0.05, 0) is 73.0 Å². The van der Waals surface area contributed by atoms with Gasteiger partial charge in [0.1, 0.15) is 5.82 Å². The Hall–Kier alpha value is -2.62. The van der Waals surface area contributed by atoms with Crippen molar-refractivity contribution < 1.29 is 40.2 Å². The van der Waals surface area contributed by atoms with Crippen LogP contribution in [0.2, 0.25) is 0 Å². The summed E-state index contributed by atoms with van der Waals surface area (Å²) in [4.78, 5) is 6.70. The van der Waals surface area contributed by atoms with Crippen molar-refractivity contribution in [1.29, 1.82) is 0 Å². The minimum atomic E-state index is -4.99. The van der Waals surface area contributed by atoms with Crippen molar-refractivity contribution in [3.05, 3.63) is 87.7 Å². The molecular formula is C30H33F7N4O2S. The maximum absolute atomic E-state index is 14.0. The molecule has 2 aliphatic heterocycles. The second-order valence-electron chi connectivity index (χ2n) is 11.2. The molecule has 0 saturated carbocycles. The molecule has 240 valence electrons. The number of halogens is 7. The maximum Gasteiger partial charge on any atom is 0.416 e. The van der Waals surface area contributed by atoms with E-state index in [1.54, 1.807) is 12.1 Å². The molecule has 5 rings (SSSR count). The lowest BCUT2D eigenvalue weighted by atomic mass is 9.98. The van der Waals surface area contributed by atoms with E-state index in [1.165, 1.54) is 30.6 Å². The Bertz CT molecular complexity index is 1330. The van der Waals surface area contributed by atoms with Crippen LogP contribution in [0.15, 0.2) is 53.9 Å². The van der Waals surface area contributed by atoms with Crippen molar-refractivity contribution in [1.82, 2.24) is 19.1 Å². The third-order valence-electron chi connectivity index (χ3n) is 8.07. The van der Waals surface area contributed by atoms with Crippen LogP contribution in [0.1, 0.15) is 47.0 Å². The summed E-state index contributed by atoms with van der Waals surface area (Å²) in [7, 11) is 2.06. The van der Waals surface area contributed by atoms with Crippen molar-refractivity contribution >= 4 is 11.5 Å². The van der Waals surface area contributed by atoms with Crippen LogP contribution in [0.3, 0.4) is 0 Å². The number of alkyl halides is 6. The Morgan fingerprint density at radius 2 is 1.59 bits per heavy atom. The Kier molecular flexibility index (Phi) is 9.97. The number of aromatic nitrogens is 1. The average Bonchev–Trinajstić information content (AvgIpc) is 3.48. The van der Waals surface area contributed by atoms with Gasteiger partial charge < -0.3 is 14.4 Å². The van der Waals surface area contributed by atoms with Gasteiger partial charge in [-0.3, -0.25) is 9.80 Å². The van der Waals surface area contributed by atoms with E-state index in [0.717, 1.165) is 31.9 Å². The minimum Gasteiger partial charge on any atom is -0.349 e. The standard InChI is InChI=1S/C30H33F7N4O2S/c1-19(21-13-22(29(32,33)34)15-23(14-21)30(35,36)37)43-28-27(20-3-5-24(31)6-4-20)41(16-25-7-12-44-38-25)26(18-42-28)17-40-10-8-39(2)9-11-40/h3-7,12-15,19,26-28H,8-11,16-18H2,1-2H3/t19-,26?,27+,28-/m1/s1. The molecule has 0 aliphatic carbocycles. The van der Waals surface area contributed by atoms with Crippen LogP contribution in [0, 0.1) is 5.82 Å². The van der Waals surface area contributed by atoms with Gasteiger partial charge in [-0.25, -0.2) is 4.39 Å². The van der Waals surface area contributed by atoms with E-state index in [1.807, 2.05) is 11.4 Å². The Balaban J connectivity index is 1.48. The van der Waals surface area contributed by atoms with E-state index in [-0.39, 0.29) is 24.3 Å². The number of hydrogen-bond donors (Lipinski definition) is 0. The summed E-state index contributed by atoms with van der Waals surface area (Å²) in [5, 5.41) is 1.85. The lowest BCUT2D eigenvalue weighted by Crippen LogP contribution is -2.57. The maximum atomic E-state index is 14.0. The largest absolute Gasteiger partial charge is 0.416 e. The molecule has 0 spiro atoms. The third-order valence-corrected chi connectivity index (χ3v) is 8.66. The Morgan fingerprint density at radius 3 is 2.16 bits per heavy atom. The van der Waals surface area contributed by atoms with E-state index in [2.05, 4.69) is 26.1 Å². The smallest absolute Gasteiger partial charge is 0.349 e. The molecule has 0 N–H and O–H groups in total. The molecule has 0 bridgehead atoms. The van der Waals surface area contributed by atoms with Gasteiger partial charge in [-0.1, -0.05) is 12.1 Å². The molecule has 3 aromatic rings. The van der Waals surface area contributed by atoms with E-state index in [4.69, 9.17) is 9.47 Å². The molecule has 3 heterocycles. The Morgan fingerprint density at radius 1 is 0.955 bits per heavy atom. The zero-order valence-electron chi connectivity index (χ0n) is 24.1. The molecule has 44 heavy (non-hydrogen) atoms. The van der Waals surface area contributed by atoms with Gasteiger partial charge >= 0.3 is 12.4 Å². The average molecular weight is 647 g/mol. The highest BCUT2D eigenvalue weighted by atomic mass is 32.1. The molecule has 2 aromatic carbocycles. The van der Waals surface area contributed by atoms with Gasteiger partial charge in [0.25, 0.3) is 0 Å². The first kappa shape index (κ1) is 32.8. The van der Waals surface area contributed by atoms with Gasteiger partial charge in [-0.2, -0.15) is 30.7 Å². The Labute approximate surface area is 255 Å². The van der Waals surface area contributed by atoms with Crippen molar-refractivity contribution in [3.8, 4) is 0 Å². The molecule has 0 amide bonds. The number of ether oxygens (including phenoxy) is 2. The number of nitrogens with zero attached hydrogens (tertiary/aromatic N) is 4. The van der Waals surface area contributed by atoms with Crippen LogP contribution in [-0.4, -0.2) is 77.8 Å². The first-order chi connectivity index (χ1) is 20.8. The van der Waals surface area contributed by atoms with Crippen LogP contribution in [0.4, 0.5) is 30.7 Å². The molecular weight excluding hydrogens is 613 g/mol. The summed E-state index contributed by atoms with van der Waals surface area (Å²) < 4.78 is 112. The zero-order chi connectivity index (χ0) is 31.6. The van der Waals surface area contributed by atoms with Crippen molar-refractivity contribution in [2.24, 2.45) is 0 Å². The molecule has 14 heteroatoms. The van der Waals surface area contributed by atoms with Crippen molar-refractivity contribution in [2.75, 3.05) is 46.4 Å². The first-order valence-corrected chi connectivity index (χ1v) is 15.0. The van der Waals surface area contributed by atoms with Crippen LogP contribution in [-0.2, 0) is 28.4 Å². The second-order valence-corrected chi connectivity index (χ2v) is 11.9. The summed E-state index contributed by atoms with van der Waals surface area (Å²) in [5.41, 5.74) is -1.72. The molecule has 2 saturated heterocycles. The highest BCUT2D eigenvalue weighted by molar-refractivity contribution is 7.03. The quantitative estimate of drug-likeness (QED) is 0.257. The van der Waals surface area contributed by atoms with Crippen molar-refractivity contribution in [3.63, 3.8) is 0 Å². The monoisotopic (exact) mass is 646 g/mol.